The van der Waals surface area contributed by atoms with Gasteiger partial charge in [-0.05, 0) is 37.1 Å². The Morgan fingerprint density at radius 1 is 0.906 bits per heavy atom. The Bertz CT molecular complexity index is 909. The number of nitrogens with one attached hydrogen (secondary N) is 1. The first-order valence-electron chi connectivity index (χ1n) is 10.8. The molecule has 0 aliphatic carbocycles. The monoisotopic (exact) mass is 441 g/mol. The predicted molar refractivity (Wildman–Crippen MR) is 124 cm³/mol. The van der Waals surface area contributed by atoms with Crippen molar-refractivity contribution in [1.29, 1.82) is 0 Å². The number of benzene rings is 1. The van der Waals surface area contributed by atoms with E-state index < -0.39 is 5.91 Å². The van der Waals surface area contributed by atoms with Gasteiger partial charge in [-0.15, -0.1) is 0 Å². The summed E-state index contributed by atoms with van der Waals surface area (Å²) in [6.07, 6.45) is 1.55. The van der Waals surface area contributed by atoms with Crippen molar-refractivity contribution < 1.29 is 4.79 Å². The van der Waals surface area contributed by atoms with Crippen LogP contribution in [0.25, 0.3) is 0 Å². The molecule has 4 atom stereocenters. The van der Waals surface area contributed by atoms with Crippen molar-refractivity contribution in [2.45, 2.75) is 37.0 Å². The summed E-state index contributed by atoms with van der Waals surface area (Å²) in [5.41, 5.74) is 30.8. The van der Waals surface area contributed by atoms with Gasteiger partial charge in [0.1, 0.15) is 0 Å². The normalized spacial score (nSPS) is 25.4. The average molecular weight is 442 g/mol. The lowest BCUT2D eigenvalue weighted by atomic mass is 10.2. The summed E-state index contributed by atoms with van der Waals surface area (Å²) in [5.74, 6) is 0.888. The van der Waals surface area contributed by atoms with Gasteiger partial charge in [-0.3, -0.25) is 4.79 Å². The van der Waals surface area contributed by atoms with Crippen LogP contribution in [-0.4, -0.2) is 71.2 Å². The Morgan fingerprint density at radius 3 is 1.84 bits per heavy atom. The molecule has 2 aliphatic rings. The molecule has 0 saturated carbocycles. The largest absolute Gasteiger partial charge is 0.366 e. The molecule has 11 N–H and O–H groups in total. The molecule has 12 nitrogen and oxygen atoms in total. The number of carbonyl (C=O) groups is 1. The van der Waals surface area contributed by atoms with E-state index in [1.807, 2.05) is 9.80 Å². The molecule has 1 aromatic heterocycles. The molecule has 4 rings (SSSR count). The van der Waals surface area contributed by atoms with Gasteiger partial charge in [0, 0.05) is 61.6 Å². The third-order valence-electron chi connectivity index (χ3n) is 5.99. The molecule has 172 valence electrons. The lowest BCUT2D eigenvalue weighted by molar-refractivity contribution is 0.100. The summed E-state index contributed by atoms with van der Waals surface area (Å²) in [6.45, 7) is 2.12. The SMILES string of the molecule is NC[C@@H]1C[C@H](N)CN1c1nc(Nc2ccc(C(N)=O)cc2)nc(N2C[C@@H](N)C[C@H]2CN)n1. The van der Waals surface area contributed by atoms with Crippen molar-refractivity contribution in [3.63, 3.8) is 0 Å². The van der Waals surface area contributed by atoms with Gasteiger partial charge in [0.2, 0.25) is 23.8 Å². The molecule has 2 aliphatic heterocycles. The maximum absolute atomic E-state index is 11.3. The molecule has 3 heterocycles. The number of rotatable bonds is 7. The zero-order valence-corrected chi connectivity index (χ0v) is 17.9. The summed E-state index contributed by atoms with van der Waals surface area (Å²) < 4.78 is 0. The zero-order valence-electron chi connectivity index (χ0n) is 17.9. The molecule has 0 spiro atoms. The van der Waals surface area contributed by atoms with Gasteiger partial charge < -0.3 is 43.8 Å². The van der Waals surface area contributed by atoms with Crippen molar-refractivity contribution >= 4 is 29.4 Å². The Morgan fingerprint density at radius 2 is 1.41 bits per heavy atom. The van der Waals surface area contributed by atoms with Gasteiger partial charge in [0.15, 0.2) is 0 Å². The number of hydrogen-bond acceptors (Lipinski definition) is 11. The quantitative estimate of drug-likeness (QED) is 0.290. The standard InChI is InChI=1S/C20H31N11O/c21-7-15-5-12(23)9-30(15)19-27-18(26-14-3-1-11(2-4-14)17(25)32)28-20(29-19)31-10-13(24)6-16(31)8-22/h1-4,12-13,15-16H,5-10,21-24H2,(H2,25,32)(H,26,27,28,29)/t12-,13-,15-,16-/m0/s1. The highest BCUT2D eigenvalue weighted by atomic mass is 16.1. The summed E-state index contributed by atoms with van der Waals surface area (Å²) >= 11 is 0. The van der Waals surface area contributed by atoms with E-state index >= 15 is 0 Å². The summed E-state index contributed by atoms with van der Waals surface area (Å²) in [4.78, 5) is 29.4. The van der Waals surface area contributed by atoms with Crippen LogP contribution >= 0.6 is 0 Å². The first kappa shape index (κ1) is 22.1. The summed E-state index contributed by atoms with van der Waals surface area (Å²) in [5, 5.41) is 3.19. The van der Waals surface area contributed by atoms with Crippen LogP contribution in [0.3, 0.4) is 0 Å². The van der Waals surface area contributed by atoms with Gasteiger partial charge in [-0.25, -0.2) is 0 Å². The van der Waals surface area contributed by atoms with E-state index in [0.717, 1.165) is 12.8 Å². The van der Waals surface area contributed by atoms with Crippen LogP contribution in [0.5, 0.6) is 0 Å². The highest BCUT2D eigenvalue weighted by Gasteiger charge is 2.34. The highest BCUT2D eigenvalue weighted by Crippen LogP contribution is 2.28. The predicted octanol–water partition coefficient (Wildman–Crippen LogP) is -1.56. The van der Waals surface area contributed by atoms with Gasteiger partial charge in [0.25, 0.3) is 0 Å². The smallest absolute Gasteiger partial charge is 0.248 e. The molecule has 1 amide bonds. The minimum absolute atomic E-state index is 0.00137. The first-order valence-corrected chi connectivity index (χ1v) is 10.8. The van der Waals surface area contributed by atoms with E-state index in [1.165, 1.54) is 0 Å². The van der Waals surface area contributed by atoms with Crippen molar-refractivity contribution in [3.05, 3.63) is 29.8 Å². The summed E-state index contributed by atoms with van der Waals surface area (Å²) in [7, 11) is 0. The second-order valence-corrected chi connectivity index (χ2v) is 8.40. The maximum atomic E-state index is 11.3. The van der Waals surface area contributed by atoms with Crippen LogP contribution in [0.2, 0.25) is 0 Å². The summed E-state index contributed by atoms with van der Waals surface area (Å²) in [6, 6.07) is 6.86. The van der Waals surface area contributed by atoms with Gasteiger partial charge >= 0.3 is 0 Å². The number of primary amides is 1. The fraction of sp³-hybridized carbons (Fsp3) is 0.500. The van der Waals surface area contributed by atoms with Crippen LogP contribution in [0, 0.1) is 0 Å². The molecule has 12 heteroatoms. The molecule has 2 fully saturated rings. The number of anilines is 4. The molecule has 1 aromatic carbocycles. The lowest BCUT2D eigenvalue weighted by Gasteiger charge is -2.27. The number of carbonyl (C=O) groups excluding carboxylic acids is 1. The first-order chi connectivity index (χ1) is 15.4. The number of amides is 1. The fourth-order valence-corrected chi connectivity index (χ4v) is 4.36. The Balaban J connectivity index is 1.69. The van der Waals surface area contributed by atoms with Crippen LogP contribution in [-0.2, 0) is 0 Å². The highest BCUT2D eigenvalue weighted by molar-refractivity contribution is 5.93. The minimum atomic E-state index is -0.488. The molecule has 0 bridgehead atoms. The van der Waals surface area contributed by atoms with Crippen molar-refractivity contribution in [1.82, 2.24) is 15.0 Å². The molecule has 2 aromatic rings. The Kier molecular flexibility index (Phi) is 6.37. The number of nitrogens with zero attached hydrogens (tertiary/aromatic N) is 5. The third-order valence-corrected chi connectivity index (χ3v) is 5.99. The third kappa shape index (κ3) is 4.58. The van der Waals surface area contributed by atoms with Crippen molar-refractivity contribution in [3.8, 4) is 0 Å². The molecule has 0 radical (unpaired) electrons. The van der Waals surface area contributed by atoms with Gasteiger partial charge in [-0.1, -0.05) is 0 Å². The van der Waals surface area contributed by atoms with Crippen molar-refractivity contribution in [2.24, 2.45) is 28.7 Å². The van der Waals surface area contributed by atoms with E-state index in [-0.39, 0.29) is 24.2 Å². The van der Waals surface area contributed by atoms with Crippen LogP contribution in [0.4, 0.5) is 23.5 Å². The molecule has 0 unspecified atom stereocenters. The number of aromatic nitrogens is 3. The van der Waals surface area contributed by atoms with Crippen LogP contribution in [0.1, 0.15) is 23.2 Å². The molecule has 2 saturated heterocycles. The maximum Gasteiger partial charge on any atom is 0.248 e. The fourth-order valence-electron chi connectivity index (χ4n) is 4.36. The Labute approximate surface area is 186 Å². The second kappa shape index (κ2) is 9.20. The molecular weight excluding hydrogens is 410 g/mol. The second-order valence-electron chi connectivity index (χ2n) is 8.40. The van der Waals surface area contributed by atoms with Crippen LogP contribution in [0.15, 0.2) is 24.3 Å². The number of hydrogen-bond donors (Lipinski definition) is 6. The van der Waals surface area contributed by atoms with Crippen LogP contribution < -0.4 is 43.8 Å². The van der Waals surface area contributed by atoms with E-state index in [4.69, 9.17) is 33.7 Å². The average Bonchev–Trinajstić information content (AvgIpc) is 3.35. The lowest BCUT2D eigenvalue weighted by Crippen LogP contribution is -2.39. The van der Waals surface area contributed by atoms with E-state index in [0.29, 0.717) is 55.3 Å². The molecular formula is C20H31N11O. The molecule has 32 heavy (non-hydrogen) atoms. The van der Waals surface area contributed by atoms with Gasteiger partial charge in [-0.2, -0.15) is 15.0 Å². The van der Waals surface area contributed by atoms with Gasteiger partial charge in [0.05, 0.1) is 0 Å². The Hall–Kier alpha value is -3.06. The minimum Gasteiger partial charge on any atom is -0.366 e. The number of nitrogens with two attached hydrogens (primary N) is 5. The van der Waals surface area contributed by atoms with E-state index in [2.05, 4.69) is 15.3 Å². The van der Waals surface area contributed by atoms with E-state index in [1.54, 1.807) is 24.3 Å². The topological polar surface area (TPSA) is 204 Å². The zero-order chi connectivity index (χ0) is 22.8. The van der Waals surface area contributed by atoms with E-state index in [9.17, 15) is 4.79 Å². The van der Waals surface area contributed by atoms with Crippen molar-refractivity contribution in [2.75, 3.05) is 41.3 Å².